The van der Waals surface area contributed by atoms with Crippen LogP contribution in [0, 0.1) is 0 Å². The van der Waals surface area contributed by atoms with Crippen LogP contribution in [0.2, 0.25) is 5.02 Å². The third-order valence-corrected chi connectivity index (χ3v) is 4.27. The van der Waals surface area contributed by atoms with E-state index in [0.717, 1.165) is 16.3 Å². The molecule has 0 spiro atoms. The summed E-state index contributed by atoms with van der Waals surface area (Å²) in [7, 11) is 1.26. The Bertz CT molecular complexity index is 769. The Kier molecular flexibility index (Phi) is 4.18. The van der Waals surface area contributed by atoms with E-state index in [4.69, 9.17) is 11.6 Å². The van der Waals surface area contributed by atoms with E-state index in [1.54, 1.807) is 10.9 Å². The molecular weight excluding hydrogens is 328 g/mol. The maximum absolute atomic E-state index is 6.23. The van der Waals surface area contributed by atoms with Gasteiger partial charge in [-0.15, -0.1) is 21.9 Å². The second-order valence-electron chi connectivity index (χ2n) is 4.12. The molecule has 2 aromatic heterocycles. The second kappa shape index (κ2) is 6.08. The average Bonchev–Trinajstić information content (AvgIpc) is 3.13. The van der Waals surface area contributed by atoms with Crippen molar-refractivity contribution in [1.82, 2.24) is 30.0 Å². The molecule has 0 unspecified atom stereocenters. The number of nitrogens with zero attached hydrogens (tertiary/aromatic N) is 6. The molecule has 0 saturated heterocycles. The molecule has 3 rings (SSSR count). The van der Waals surface area contributed by atoms with Crippen molar-refractivity contribution in [3.05, 3.63) is 35.5 Å². The largest absolute Gasteiger partial charge is 0.224 e. The Morgan fingerprint density at radius 1 is 1.33 bits per heavy atom. The summed E-state index contributed by atoms with van der Waals surface area (Å²) in [6.07, 6.45) is 1.69. The van der Waals surface area contributed by atoms with Gasteiger partial charge in [-0.2, -0.15) is 9.90 Å². The molecule has 0 aliphatic heterocycles. The topological polar surface area (TPSA) is 61.4 Å². The zero-order valence-corrected chi connectivity index (χ0v) is 13.5. The molecule has 9 heteroatoms. The van der Waals surface area contributed by atoms with Gasteiger partial charge in [0.1, 0.15) is 5.03 Å². The van der Waals surface area contributed by atoms with Gasteiger partial charge in [0.05, 0.1) is 29.0 Å². The van der Waals surface area contributed by atoms with Crippen LogP contribution < -0.4 is 0 Å². The van der Waals surface area contributed by atoms with Crippen LogP contribution in [0.4, 0.5) is 0 Å². The smallest absolute Gasteiger partial charge is 0.209 e. The van der Waals surface area contributed by atoms with E-state index in [9.17, 15) is 0 Å². The number of halogens is 1. The molecule has 0 radical (unpaired) electrons. The summed E-state index contributed by atoms with van der Waals surface area (Å²) < 4.78 is 1.72. The van der Waals surface area contributed by atoms with Crippen LogP contribution in [-0.2, 0) is 6.54 Å². The number of tetrazole rings is 1. The standard InChI is InChI=1S/C12H11ClN6S2/c1-2-18-16-11(15-17-18)8-7-14-19(12(8)21-20)10-6-4-3-5-9(10)13/h3-7,20H,2H2,1H3. The van der Waals surface area contributed by atoms with E-state index >= 15 is 0 Å². The molecule has 3 aromatic rings. The highest BCUT2D eigenvalue weighted by molar-refractivity contribution is 8.68. The Morgan fingerprint density at radius 3 is 2.81 bits per heavy atom. The Balaban J connectivity index is 2.11. The van der Waals surface area contributed by atoms with Gasteiger partial charge in [-0.05, 0) is 35.1 Å². The predicted molar refractivity (Wildman–Crippen MR) is 85.9 cm³/mol. The quantitative estimate of drug-likeness (QED) is 0.585. The van der Waals surface area contributed by atoms with E-state index in [0.29, 0.717) is 17.4 Å². The number of thiol groups is 1. The summed E-state index contributed by atoms with van der Waals surface area (Å²) in [6, 6.07) is 7.49. The van der Waals surface area contributed by atoms with Crippen LogP contribution in [0.3, 0.4) is 0 Å². The molecule has 0 saturated carbocycles. The summed E-state index contributed by atoms with van der Waals surface area (Å²) in [5.41, 5.74) is 1.56. The molecule has 0 atom stereocenters. The van der Waals surface area contributed by atoms with Crippen molar-refractivity contribution >= 4 is 34.1 Å². The molecule has 0 bridgehead atoms. The third kappa shape index (κ3) is 2.66. The normalized spacial score (nSPS) is 11.0. The Labute approximate surface area is 135 Å². The summed E-state index contributed by atoms with van der Waals surface area (Å²) in [4.78, 5) is 1.52. The minimum absolute atomic E-state index is 0.520. The fourth-order valence-electron chi connectivity index (χ4n) is 1.86. The van der Waals surface area contributed by atoms with Crippen LogP contribution in [-0.4, -0.2) is 30.0 Å². The maximum Gasteiger partial charge on any atom is 0.209 e. The molecule has 6 nitrogen and oxygen atoms in total. The van der Waals surface area contributed by atoms with Gasteiger partial charge in [0.25, 0.3) is 0 Å². The lowest BCUT2D eigenvalue weighted by atomic mass is 10.3. The van der Waals surface area contributed by atoms with Gasteiger partial charge in [0, 0.05) is 0 Å². The minimum atomic E-state index is 0.520. The molecule has 0 N–H and O–H groups in total. The lowest BCUT2D eigenvalue weighted by Gasteiger charge is -2.07. The summed E-state index contributed by atoms with van der Waals surface area (Å²) in [6.45, 7) is 2.61. The fraction of sp³-hybridized carbons (Fsp3) is 0.167. The van der Waals surface area contributed by atoms with Crippen LogP contribution >= 0.6 is 34.1 Å². The first kappa shape index (κ1) is 14.4. The summed E-state index contributed by atoms with van der Waals surface area (Å²) in [5.74, 6) is 0.520. The highest BCUT2D eigenvalue weighted by Gasteiger charge is 2.18. The second-order valence-corrected chi connectivity index (χ2v) is 5.64. The van der Waals surface area contributed by atoms with Crippen molar-refractivity contribution < 1.29 is 0 Å². The van der Waals surface area contributed by atoms with Crippen molar-refractivity contribution in [2.24, 2.45) is 0 Å². The predicted octanol–water partition coefficient (Wildman–Crippen LogP) is 3.14. The van der Waals surface area contributed by atoms with E-state index in [1.807, 2.05) is 31.2 Å². The zero-order valence-electron chi connectivity index (χ0n) is 11.0. The maximum atomic E-state index is 6.23. The third-order valence-electron chi connectivity index (χ3n) is 2.87. The molecule has 0 aliphatic rings. The molecule has 1 aromatic carbocycles. The fourth-order valence-corrected chi connectivity index (χ4v) is 3.07. The average molecular weight is 339 g/mol. The molecule has 2 heterocycles. The van der Waals surface area contributed by atoms with Crippen molar-refractivity contribution in [3.63, 3.8) is 0 Å². The molecular formula is C12H11ClN6S2. The van der Waals surface area contributed by atoms with E-state index in [1.165, 1.54) is 15.6 Å². The highest BCUT2D eigenvalue weighted by atomic mass is 35.5. The molecule has 21 heavy (non-hydrogen) atoms. The first-order chi connectivity index (χ1) is 10.2. The zero-order chi connectivity index (χ0) is 14.8. The lowest BCUT2D eigenvalue weighted by Crippen LogP contribution is -1.99. The van der Waals surface area contributed by atoms with Crippen LogP contribution in [0.15, 0.2) is 35.5 Å². The molecule has 0 amide bonds. The SMILES string of the molecule is CCn1nnc(-c2cnn(-c3ccccc3Cl)c2SS)n1. The first-order valence-corrected chi connectivity index (χ1v) is 8.41. The van der Waals surface area contributed by atoms with Crippen LogP contribution in [0.25, 0.3) is 17.1 Å². The van der Waals surface area contributed by atoms with Gasteiger partial charge < -0.3 is 0 Å². The number of aromatic nitrogens is 6. The number of aryl methyl sites for hydroxylation is 1. The van der Waals surface area contributed by atoms with Crippen LogP contribution in [0.5, 0.6) is 0 Å². The van der Waals surface area contributed by atoms with E-state index < -0.39 is 0 Å². The van der Waals surface area contributed by atoms with Gasteiger partial charge >= 0.3 is 0 Å². The molecule has 0 fully saturated rings. The van der Waals surface area contributed by atoms with Gasteiger partial charge in [-0.3, -0.25) is 0 Å². The Hall–Kier alpha value is -1.51. The van der Waals surface area contributed by atoms with Gasteiger partial charge in [0.15, 0.2) is 0 Å². The van der Waals surface area contributed by atoms with Gasteiger partial charge in [-0.1, -0.05) is 23.7 Å². The minimum Gasteiger partial charge on any atom is -0.224 e. The number of hydrogen-bond acceptors (Lipinski definition) is 6. The summed E-state index contributed by atoms with van der Waals surface area (Å²) >= 11 is 10.5. The monoisotopic (exact) mass is 338 g/mol. The lowest BCUT2D eigenvalue weighted by molar-refractivity contribution is 0.552. The van der Waals surface area contributed by atoms with Crippen molar-refractivity contribution in [2.75, 3.05) is 0 Å². The summed E-state index contributed by atoms with van der Waals surface area (Å²) in [5, 5.41) is 18.1. The number of benzene rings is 1. The Morgan fingerprint density at radius 2 is 2.14 bits per heavy atom. The van der Waals surface area contributed by atoms with Crippen molar-refractivity contribution in [1.29, 1.82) is 0 Å². The molecule has 0 aliphatic carbocycles. The number of para-hydroxylation sites is 1. The first-order valence-electron chi connectivity index (χ1n) is 6.17. The van der Waals surface area contributed by atoms with E-state index in [-0.39, 0.29) is 0 Å². The van der Waals surface area contributed by atoms with Crippen molar-refractivity contribution in [2.45, 2.75) is 18.5 Å². The van der Waals surface area contributed by atoms with Crippen LogP contribution in [0.1, 0.15) is 6.92 Å². The highest BCUT2D eigenvalue weighted by Crippen LogP contribution is 2.34. The van der Waals surface area contributed by atoms with Gasteiger partial charge in [-0.25, -0.2) is 4.68 Å². The van der Waals surface area contributed by atoms with Crippen molar-refractivity contribution in [3.8, 4) is 17.1 Å². The van der Waals surface area contributed by atoms with Gasteiger partial charge in [0.2, 0.25) is 5.82 Å². The number of rotatable bonds is 4. The van der Waals surface area contributed by atoms with E-state index in [2.05, 4.69) is 32.2 Å². The number of hydrogen-bond donors (Lipinski definition) is 1. The molecule has 108 valence electrons.